The molecule has 0 N–H and O–H groups in total. The van der Waals surface area contributed by atoms with Gasteiger partial charge in [-0.2, -0.15) is 0 Å². The Morgan fingerprint density at radius 2 is 1.78 bits per heavy atom. The summed E-state index contributed by atoms with van der Waals surface area (Å²) >= 11 is 0. The molecule has 0 amide bonds. The molecule has 0 bridgehead atoms. The Morgan fingerprint density at radius 1 is 1.06 bits per heavy atom. The van der Waals surface area contributed by atoms with Gasteiger partial charge in [0.25, 0.3) is 0 Å². The minimum atomic E-state index is 0. The van der Waals surface area contributed by atoms with Crippen molar-refractivity contribution in [3.8, 4) is 11.4 Å². The summed E-state index contributed by atoms with van der Waals surface area (Å²) in [4.78, 5) is 13.0. The maximum absolute atomic E-state index is 4.44. The zero-order valence-electron chi connectivity index (χ0n) is 10.5. The van der Waals surface area contributed by atoms with Crippen LogP contribution in [0.3, 0.4) is 0 Å². The Kier molecular flexibility index (Phi) is 5.18. The SMILES string of the molecule is Cc1ccc(-c2nc3cccnc3[n-]2)cc1.[CH3-].[Y]. The van der Waals surface area contributed by atoms with Gasteiger partial charge < -0.3 is 22.4 Å². The molecular formula is C14H13N3Y-2. The maximum atomic E-state index is 4.44. The summed E-state index contributed by atoms with van der Waals surface area (Å²) in [5.74, 6) is 0.744. The Labute approximate surface area is 132 Å². The molecule has 0 spiro atoms. The van der Waals surface area contributed by atoms with Crippen LogP contribution in [0.4, 0.5) is 0 Å². The quantitative estimate of drug-likeness (QED) is 0.649. The first-order valence-corrected chi connectivity index (χ1v) is 5.15. The predicted octanol–water partition coefficient (Wildman–Crippen LogP) is 3.01. The van der Waals surface area contributed by atoms with E-state index in [2.05, 4.69) is 34.0 Å². The summed E-state index contributed by atoms with van der Waals surface area (Å²) < 4.78 is 0. The van der Waals surface area contributed by atoms with Crippen LogP contribution in [0, 0.1) is 14.4 Å². The largest absolute Gasteiger partial charge is 0.368 e. The van der Waals surface area contributed by atoms with Crippen molar-refractivity contribution in [2.75, 3.05) is 0 Å². The van der Waals surface area contributed by atoms with Gasteiger partial charge in [-0.05, 0) is 18.7 Å². The van der Waals surface area contributed by atoms with E-state index in [4.69, 9.17) is 0 Å². The predicted molar refractivity (Wildman–Crippen MR) is 69.4 cm³/mol. The van der Waals surface area contributed by atoms with Crippen molar-refractivity contribution >= 4 is 11.2 Å². The Balaban J connectivity index is 0.000000810. The number of imidazole rings is 1. The molecule has 89 valence electrons. The third-order valence-corrected chi connectivity index (χ3v) is 2.51. The summed E-state index contributed by atoms with van der Waals surface area (Å²) in [6, 6.07) is 12.0. The zero-order valence-corrected chi connectivity index (χ0v) is 13.3. The number of rotatable bonds is 1. The summed E-state index contributed by atoms with van der Waals surface area (Å²) in [6.07, 6.45) is 1.73. The van der Waals surface area contributed by atoms with E-state index in [0.717, 1.165) is 16.9 Å². The fourth-order valence-electron chi connectivity index (χ4n) is 1.63. The molecule has 0 saturated heterocycles. The molecule has 0 atom stereocenters. The molecule has 0 aliphatic heterocycles. The van der Waals surface area contributed by atoms with Gasteiger partial charge in [-0.15, -0.1) is 0 Å². The van der Waals surface area contributed by atoms with Crippen LogP contribution in [-0.4, -0.2) is 9.97 Å². The van der Waals surface area contributed by atoms with E-state index in [1.807, 2.05) is 24.3 Å². The summed E-state index contributed by atoms with van der Waals surface area (Å²) in [6.45, 7) is 2.06. The molecule has 3 rings (SSSR count). The fourth-order valence-corrected chi connectivity index (χ4v) is 1.63. The normalized spacial score (nSPS) is 9.61. The Hall–Kier alpha value is -1.06. The van der Waals surface area contributed by atoms with Crippen LogP contribution < -0.4 is 4.98 Å². The summed E-state index contributed by atoms with van der Waals surface area (Å²) in [5, 5.41) is 0. The van der Waals surface area contributed by atoms with Crippen LogP contribution in [0.25, 0.3) is 22.6 Å². The average molecular weight is 312 g/mol. The summed E-state index contributed by atoms with van der Waals surface area (Å²) in [7, 11) is 0. The van der Waals surface area contributed by atoms with Gasteiger partial charge in [0, 0.05) is 49.7 Å². The standard InChI is InChI=1S/C13H10N3.CH3.Y/c1-9-4-6-10(7-5-9)12-15-11-3-2-8-14-13(11)16-12;;/h2-8H,1H3;1H3;/q2*-1;. The molecule has 0 unspecified atom stereocenters. The Bertz CT molecular complexity index is 596. The average Bonchev–Trinajstić information content (AvgIpc) is 2.73. The van der Waals surface area contributed by atoms with Crippen LogP contribution in [0.15, 0.2) is 42.6 Å². The van der Waals surface area contributed by atoms with E-state index >= 15 is 0 Å². The third kappa shape index (κ3) is 2.85. The van der Waals surface area contributed by atoms with Crippen molar-refractivity contribution in [3.63, 3.8) is 0 Å². The van der Waals surface area contributed by atoms with Gasteiger partial charge >= 0.3 is 0 Å². The minimum Gasteiger partial charge on any atom is -0.368 e. The number of pyridine rings is 1. The van der Waals surface area contributed by atoms with Crippen molar-refractivity contribution in [2.45, 2.75) is 6.92 Å². The van der Waals surface area contributed by atoms with Crippen molar-refractivity contribution < 1.29 is 32.7 Å². The summed E-state index contributed by atoms with van der Waals surface area (Å²) in [5.41, 5.74) is 3.82. The molecule has 0 aliphatic rings. The van der Waals surface area contributed by atoms with Crippen molar-refractivity contribution in [3.05, 3.63) is 55.6 Å². The molecule has 3 nitrogen and oxygen atoms in total. The molecule has 1 aromatic carbocycles. The minimum absolute atomic E-state index is 0. The molecule has 4 heteroatoms. The van der Waals surface area contributed by atoms with Gasteiger partial charge in [0.1, 0.15) is 0 Å². The van der Waals surface area contributed by atoms with Crippen molar-refractivity contribution in [1.29, 1.82) is 0 Å². The van der Waals surface area contributed by atoms with Crippen LogP contribution in [0.5, 0.6) is 0 Å². The second-order valence-corrected chi connectivity index (χ2v) is 3.76. The number of aromatic nitrogens is 3. The molecule has 0 fully saturated rings. The van der Waals surface area contributed by atoms with Gasteiger partial charge in [-0.3, -0.25) is 0 Å². The topological polar surface area (TPSA) is 39.9 Å². The van der Waals surface area contributed by atoms with Crippen LogP contribution in [-0.2, 0) is 32.7 Å². The molecule has 1 radical (unpaired) electrons. The first-order chi connectivity index (χ1) is 7.83. The van der Waals surface area contributed by atoms with Crippen LogP contribution >= 0.6 is 0 Å². The second kappa shape index (κ2) is 6.21. The maximum Gasteiger partial charge on any atom is 0.0196 e. The van der Waals surface area contributed by atoms with E-state index in [1.165, 1.54) is 5.56 Å². The molecule has 3 aromatic rings. The van der Waals surface area contributed by atoms with Gasteiger partial charge in [0.15, 0.2) is 0 Å². The molecule has 2 heterocycles. The number of benzene rings is 1. The van der Waals surface area contributed by atoms with E-state index < -0.39 is 0 Å². The Morgan fingerprint density at radius 3 is 2.44 bits per heavy atom. The number of fused-ring (bicyclic) bond motifs is 1. The molecular weight excluding hydrogens is 299 g/mol. The second-order valence-electron chi connectivity index (χ2n) is 3.76. The third-order valence-electron chi connectivity index (χ3n) is 2.51. The van der Waals surface area contributed by atoms with E-state index in [-0.39, 0.29) is 40.1 Å². The van der Waals surface area contributed by atoms with Crippen LogP contribution in [0.1, 0.15) is 5.56 Å². The molecule has 18 heavy (non-hydrogen) atoms. The first-order valence-electron chi connectivity index (χ1n) is 5.15. The van der Waals surface area contributed by atoms with Crippen LogP contribution in [0.2, 0.25) is 0 Å². The number of aryl methyl sites for hydroxylation is 1. The van der Waals surface area contributed by atoms with E-state index in [9.17, 15) is 0 Å². The van der Waals surface area contributed by atoms with Crippen molar-refractivity contribution in [2.24, 2.45) is 0 Å². The van der Waals surface area contributed by atoms with Gasteiger partial charge in [0.2, 0.25) is 0 Å². The van der Waals surface area contributed by atoms with Crippen molar-refractivity contribution in [1.82, 2.24) is 15.0 Å². The van der Waals surface area contributed by atoms with E-state index in [0.29, 0.717) is 5.65 Å². The van der Waals surface area contributed by atoms with Gasteiger partial charge in [-0.1, -0.05) is 42.0 Å². The van der Waals surface area contributed by atoms with Gasteiger partial charge in [0.05, 0.1) is 0 Å². The molecule has 0 saturated carbocycles. The van der Waals surface area contributed by atoms with Gasteiger partial charge in [-0.25, -0.2) is 0 Å². The molecule has 2 aromatic heterocycles. The number of hydrogen-bond acceptors (Lipinski definition) is 2. The smallest absolute Gasteiger partial charge is 0.0196 e. The number of hydrogen-bond donors (Lipinski definition) is 0. The van der Waals surface area contributed by atoms with E-state index in [1.54, 1.807) is 6.20 Å². The molecule has 0 aliphatic carbocycles. The number of nitrogens with zero attached hydrogens (tertiary/aromatic N) is 3. The zero-order chi connectivity index (χ0) is 11.0. The fraction of sp³-hybridized carbons (Fsp3) is 0.0714. The first kappa shape index (κ1) is 15.0. The monoisotopic (exact) mass is 312 g/mol.